The van der Waals surface area contributed by atoms with Gasteiger partial charge in [-0.1, -0.05) is 71.9 Å². The molecule has 164 valence electrons. The Bertz CT molecular complexity index is 1260. The summed E-state index contributed by atoms with van der Waals surface area (Å²) in [6, 6.07) is 22.0. The van der Waals surface area contributed by atoms with Crippen molar-refractivity contribution in [2.45, 2.75) is 11.4 Å². The highest BCUT2D eigenvalue weighted by atomic mass is 35.5. The van der Waals surface area contributed by atoms with E-state index in [1.54, 1.807) is 36.4 Å². The van der Waals surface area contributed by atoms with Crippen molar-refractivity contribution >= 4 is 50.1 Å². The predicted molar refractivity (Wildman–Crippen MR) is 130 cm³/mol. The second-order valence-corrected chi connectivity index (χ2v) is 10.3. The van der Waals surface area contributed by atoms with E-state index >= 15 is 0 Å². The molecule has 3 aromatic carbocycles. The molecule has 0 fully saturated rings. The quantitative estimate of drug-likeness (QED) is 0.554. The predicted octanol–water partition coefficient (Wildman–Crippen LogP) is 4.57. The number of aliphatic imine (C=N–C) groups is 1. The molecule has 0 saturated carbocycles. The van der Waals surface area contributed by atoms with Gasteiger partial charge in [0.1, 0.15) is 0 Å². The number of para-hydroxylation sites is 1. The summed E-state index contributed by atoms with van der Waals surface area (Å²) in [6.07, 6.45) is 0. The maximum atomic E-state index is 13.7. The van der Waals surface area contributed by atoms with E-state index in [1.807, 2.05) is 30.3 Å². The molecule has 0 bridgehead atoms. The molecule has 0 atom stereocenters. The number of thioether (sulfide) groups is 1. The SMILES string of the molecule is O=C(NC1=NCCS1)c1cccc(S(=O)(=O)N(Cc2ccccc2)c2ccccc2Cl)c1. The number of halogens is 1. The highest BCUT2D eigenvalue weighted by Crippen LogP contribution is 2.32. The normalized spacial score (nSPS) is 13.5. The van der Waals surface area contributed by atoms with Gasteiger partial charge in [0, 0.05) is 11.3 Å². The molecule has 0 aromatic heterocycles. The Hall–Kier alpha value is -2.81. The van der Waals surface area contributed by atoms with Crippen LogP contribution in [-0.4, -0.2) is 31.8 Å². The maximum absolute atomic E-state index is 13.7. The average Bonchev–Trinajstić information content (AvgIpc) is 3.32. The van der Waals surface area contributed by atoms with Crippen LogP contribution in [0.15, 0.2) is 88.8 Å². The molecular formula is C23H20ClN3O3S2. The average molecular weight is 486 g/mol. The minimum absolute atomic E-state index is 0.00187. The Morgan fingerprint density at radius 3 is 2.50 bits per heavy atom. The van der Waals surface area contributed by atoms with E-state index in [9.17, 15) is 13.2 Å². The zero-order chi connectivity index (χ0) is 22.6. The topological polar surface area (TPSA) is 78.8 Å². The molecule has 0 saturated heterocycles. The first kappa shape index (κ1) is 22.4. The molecule has 1 amide bonds. The summed E-state index contributed by atoms with van der Waals surface area (Å²) in [5.41, 5.74) is 1.41. The van der Waals surface area contributed by atoms with Crippen LogP contribution >= 0.6 is 23.4 Å². The summed E-state index contributed by atoms with van der Waals surface area (Å²) in [5.74, 6) is 0.415. The van der Waals surface area contributed by atoms with Crippen molar-refractivity contribution in [3.63, 3.8) is 0 Å². The van der Waals surface area contributed by atoms with Crippen molar-refractivity contribution < 1.29 is 13.2 Å². The van der Waals surface area contributed by atoms with Gasteiger partial charge in [0.05, 0.1) is 28.7 Å². The molecule has 6 nitrogen and oxygen atoms in total. The Labute approximate surface area is 196 Å². The van der Waals surface area contributed by atoms with Crippen LogP contribution in [-0.2, 0) is 16.6 Å². The summed E-state index contributed by atoms with van der Waals surface area (Å²) in [7, 11) is -4.02. The van der Waals surface area contributed by atoms with Gasteiger partial charge in [0.2, 0.25) is 0 Å². The Morgan fingerprint density at radius 2 is 1.78 bits per heavy atom. The molecule has 0 spiro atoms. The third-order valence-corrected chi connectivity index (χ3v) is 7.75. The Balaban J connectivity index is 1.71. The van der Waals surface area contributed by atoms with Gasteiger partial charge in [-0.2, -0.15) is 0 Å². The number of amides is 1. The second kappa shape index (κ2) is 9.77. The van der Waals surface area contributed by atoms with Gasteiger partial charge in [-0.15, -0.1) is 0 Å². The fourth-order valence-corrected chi connectivity index (χ4v) is 5.74. The number of hydrogen-bond donors (Lipinski definition) is 1. The smallest absolute Gasteiger partial charge is 0.264 e. The number of amidine groups is 1. The Morgan fingerprint density at radius 1 is 1.03 bits per heavy atom. The highest BCUT2D eigenvalue weighted by molar-refractivity contribution is 8.14. The number of nitrogens with one attached hydrogen (secondary N) is 1. The number of anilines is 1. The monoisotopic (exact) mass is 485 g/mol. The summed E-state index contributed by atoms with van der Waals surface area (Å²) in [6.45, 7) is 0.748. The number of nitrogens with zero attached hydrogens (tertiary/aromatic N) is 2. The van der Waals surface area contributed by atoms with Gasteiger partial charge in [-0.05, 0) is 35.9 Å². The highest BCUT2D eigenvalue weighted by Gasteiger charge is 2.27. The minimum Gasteiger partial charge on any atom is -0.301 e. The van der Waals surface area contributed by atoms with Crippen LogP contribution in [0.1, 0.15) is 15.9 Å². The summed E-state index contributed by atoms with van der Waals surface area (Å²) >= 11 is 7.83. The number of carbonyl (C=O) groups excluding carboxylic acids is 1. The van der Waals surface area contributed by atoms with E-state index in [2.05, 4.69) is 10.3 Å². The van der Waals surface area contributed by atoms with Gasteiger partial charge < -0.3 is 5.32 Å². The van der Waals surface area contributed by atoms with E-state index in [0.29, 0.717) is 22.4 Å². The third-order valence-electron chi connectivity index (χ3n) is 4.78. The van der Waals surface area contributed by atoms with Gasteiger partial charge in [-0.25, -0.2) is 8.42 Å². The third kappa shape index (κ3) is 4.98. The van der Waals surface area contributed by atoms with Crippen molar-refractivity contribution in [2.24, 2.45) is 4.99 Å². The van der Waals surface area contributed by atoms with Crippen molar-refractivity contribution in [1.82, 2.24) is 5.32 Å². The number of rotatable bonds is 6. The Kier molecular flexibility index (Phi) is 6.83. The molecule has 0 unspecified atom stereocenters. The number of carbonyl (C=O) groups is 1. The van der Waals surface area contributed by atoms with Gasteiger partial charge in [0.15, 0.2) is 5.17 Å². The molecular weight excluding hydrogens is 466 g/mol. The molecule has 1 heterocycles. The van der Waals surface area contributed by atoms with E-state index < -0.39 is 15.9 Å². The summed E-state index contributed by atoms with van der Waals surface area (Å²) < 4.78 is 28.7. The van der Waals surface area contributed by atoms with Crippen molar-refractivity contribution in [1.29, 1.82) is 0 Å². The molecule has 32 heavy (non-hydrogen) atoms. The first-order valence-corrected chi connectivity index (χ1v) is 12.7. The largest absolute Gasteiger partial charge is 0.301 e. The van der Waals surface area contributed by atoms with Gasteiger partial charge in [-0.3, -0.25) is 14.1 Å². The first-order valence-electron chi connectivity index (χ1n) is 9.85. The van der Waals surface area contributed by atoms with Crippen LogP contribution in [0.5, 0.6) is 0 Å². The molecule has 1 aliphatic rings. The lowest BCUT2D eigenvalue weighted by molar-refractivity contribution is 0.0977. The zero-order valence-electron chi connectivity index (χ0n) is 16.9. The summed E-state index contributed by atoms with van der Waals surface area (Å²) in [4.78, 5) is 16.8. The van der Waals surface area contributed by atoms with E-state index in [1.165, 1.54) is 28.2 Å². The maximum Gasteiger partial charge on any atom is 0.264 e. The summed E-state index contributed by atoms with van der Waals surface area (Å²) in [5, 5.41) is 3.59. The number of hydrogen-bond acceptors (Lipinski definition) is 5. The van der Waals surface area contributed by atoms with E-state index in [-0.39, 0.29) is 17.0 Å². The number of sulfonamides is 1. The van der Waals surface area contributed by atoms with Crippen molar-refractivity contribution in [3.05, 3.63) is 95.0 Å². The number of benzene rings is 3. The van der Waals surface area contributed by atoms with Crippen molar-refractivity contribution in [3.8, 4) is 0 Å². The lowest BCUT2D eigenvalue weighted by Gasteiger charge is -2.26. The molecule has 0 aliphatic carbocycles. The van der Waals surface area contributed by atoms with E-state index in [4.69, 9.17) is 11.6 Å². The first-order chi connectivity index (χ1) is 15.4. The van der Waals surface area contributed by atoms with Crippen LogP contribution < -0.4 is 9.62 Å². The zero-order valence-corrected chi connectivity index (χ0v) is 19.3. The molecule has 1 aliphatic heterocycles. The van der Waals surface area contributed by atoms with Gasteiger partial charge >= 0.3 is 0 Å². The van der Waals surface area contributed by atoms with Gasteiger partial charge in [0.25, 0.3) is 15.9 Å². The lowest BCUT2D eigenvalue weighted by atomic mass is 10.2. The van der Waals surface area contributed by atoms with Crippen molar-refractivity contribution in [2.75, 3.05) is 16.6 Å². The standard InChI is InChI=1S/C23H20ClN3O3S2/c24-20-11-4-5-12-21(20)27(16-17-7-2-1-3-8-17)32(29,30)19-10-6-9-18(15-19)22(28)26-23-25-13-14-31-23/h1-12,15H,13-14,16H2,(H,25,26,28). The van der Waals surface area contributed by atoms with Crippen LogP contribution in [0.3, 0.4) is 0 Å². The molecule has 4 rings (SSSR count). The van der Waals surface area contributed by atoms with Crippen LogP contribution in [0.4, 0.5) is 5.69 Å². The minimum atomic E-state index is -4.02. The van der Waals surface area contributed by atoms with Crippen LogP contribution in [0.2, 0.25) is 5.02 Å². The second-order valence-electron chi connectivity index (χ2n) is 6.97. The van der Waals surface area contributed by atoms with Crippen LogP contribution in [0.25, 0.3) is 0 Å². The van der Waals surface area contributed by atoms with E-state index in [0.717, 1.165) is 11.3 Å². The van der Waals surface area contributed by atoms with Crippen LogP contribution in [0, 0.1) is 0 Å². The molecule has 3 aromatic rings. The molecule has 0 radical (unpaired) electrons. The molecule has 9 heteroatoms. The molecule has 1 N–H and O–H groups in total. The fourth-order valence-electron chi connectivity index (χ4n) is 3.21. The lowest BCUT2D eigenvalue weighted by Crippen LogP contribution is -2.31. The fraction of sp³-hybridized carbons (Fsp3) is 0.130.